The molecule has 23 heavy (non-hydrogen) atoms. The monoisotopic (exact) mass is 334 g/mol. The molecule has 0 heterocycles. The summed E-state index contributed by atoms with van der Waals surface area (Å²) in [4.78, 5) is 11.4. The zero-order valence-electron chi connectivity index (χ0n) is 12.9. The van der Waals surface area contributed by atoms with Gasteiger partial charge in [0.05, 0.1) is 17.7 Å². The maximum absolute atomic E-state index is 12.8. The summed E-state index contributed by atoms with van der Waals surface area (Å²) in [5, 5.41) is 0. The standard InChI is InChI=1S/C16H18N2O4S/c1-12-3-5-13(6-4-12)18(11-16(17)19)23(20,21)15-9-7-14(22-2)8-10-15/h3-10H,11H2,1-2H3,(H2,17,19). The number of sulfonamides is 1. The number of hydrogen-bond acceptors (Lipinski definition) is 4. The van der Waals surface area contributed by atoms with E-state index >= 15 is 0 Å². The molecule has 0 radical (unpaired) electrons. The number of nitrogens with zero attached hydrogens (tertiary/aromatic N) is 1. The molecule has 1 amide bonds. The highest BCUT2D eigenvalue weighted by Gasteiger charge is 2.26. The largest absolute Gasteiger partial charge is 0.497 e. The van der Waals surface area contributed by atoms with Crippen molar-refractivity contribution in [2.75, 3.05) is 18.0 Å². The smallest absolute Gasteiger partial charge is 0.264 e. The Kier molecular flexibility index (Phi) is 4.90. The summed E-state index contributed by atoms with van der Waals surface area (Å²) in [6.07, 6.45) is 0. The highest BCUT2D eigenvalue weighted by molar-refractivity contribution is 7.92. The minimum Gasteiger partial charge on any atom is -0.497 e. The molecule has 0 saturated heterocycles. The fourth-order valence-electron chi connectivity index (χ4n) is 2.04. The van der Waals surface area contributed by atoms with E-state index in [9.17, 15) is 13.2 Å². The number of primary amides is 1. The molecule has 0 atom stereocenters. The van der Waals surface area contributed by atoms with Gasteiger partial charge >= 0.3 is 0 Å². The third-order valence-corrected chi connectivity index (χ3v) is 5.06. The van der Waals surface area contributed by atoms with Crippen molar-refractivity contribution < 1.29 is 17.9 Å². The van der Waals surface area contributed by atoms with Gasteiger partial charge in [-0.1, -0.05) is 17.7 Å². The van der Waals surface area contributed by atoms with Gasteiger partial charge in [0.1, 0.15) is 12.3 Å². The average Bonchev–Trinajstić information content (AvgIpc) is 2.53. The number of hydrogen-bond donors (Lipinski definition) is 1. The number of nitrogens with two attached hydrogens (primary N) is 1. The van der Waals surface area contributed by atoms with E-state index in [0.29, 0.717) is 11.4 Å². The lowest BCUT2D eigenvalue weighted by Crippen LogP contribution is -2.38. The van der Waals surface area contributed by atoms with Gasteiger partial charge in [0, 0.05) is 0 Å². The van der Waals surface area contributed by atoms with Gasteiger partial charge in [0.15, 0.2) is 0 Å². The van der Waals surface area contributed by atoms with Crippen LogP contribution in [-0.4, -0.2) is 28.0 Å². The lowest BCUT2D eigenvalue weighted by molar-refractivity contribution is -0.116. The second-order valence-electron chi connectivity index (χ2n) is 4.99. The zero-order chi connectivity index (χ0) is 17.0. The maximum atomic E-state index is 12.8. The first-order valence-electron chi connectivity index (χ1n) is 6.86. The number of amides is 1. The molecule has 0 aromatic heterocycles. The Hall–Kier alpha value is -2.54. The summed E-state index contributed by atoms with van der Waals surface area (Å²) >= 11 is 0. The Morgan fingerprint density at radius 2 is 1.65 bits per heavy atom. The summed E-state index contributed by atoms with van der Waals surface area (Å²) in [5.41, 5.74) is 6.58. The number of anilines is 1. The van der Waals surface area contributed by atoms with E-state index in [4.69, 9.17) is 10.5 Å². The Labute approximate surface area is 135 Å². The van der Waals surface area contributed by atoms with Gasteiger partial charge in [-0.15, -0.1) is 0 Å². The zero-order valence-corrected chi connectivity index (χ0v) is 13.7. The molecule has 0 fully saturated rings. The molecule has 0 unspecified atom stereocenters. The van der Waals surface area contributed by atoms with Crippen molar-refractivity contribution in [2.24, 2.45) is 5.73 Å². The Morgan fingerprint density at radius 3 is 2.13 bits per heavy atom. The molecule has 0 spiro atoms. The van der Waals surface area contributed by atoms with Crippen LogP contribution in [-0.2, 0) is 14.8 Å². The summed E-state index contributed by atoms with van der Waals surface area (Å²) in [6, 6.07) is 12.8. The van der Waals surface area contributed by atoms with Crippen molar-refractivity contribution in [1.82, 2.24) is 0 Å². The van der Waals surface area contributed by atoms with Gasteiger partial charge in [-0.3, -0.25) is 9.10 Å². The molecule has 0 aliphatic carbocycles. The summed E-state index contributed by atoms with van der Waals surface area (Å²) < 4.78 is 31.7. The molecule has 2 N–H and O–H groups in total. The molecule has 0 aliphatic heterocycles. The molecular weight excluding hydrogens is 316 g/mol. The molecule has 7 heteroatoms. The lowest BCUT2D eigenvalue weighted by atomic mass is 10.2. The minimum absolute atomic E-state index is 0.0557. The van der Waals surface area contributed by atoms with Crippen LogP contribution in [0.1, 0.15) is 5.56 Å². The lowest BCUT2D eigenvalue weighted by Gasteiger charge is -2.23. The first-order valence-corrected chi connectivity index (χ1v) is 8.30. The van der Waals surface area contributed by atoms with Gasteiger partial charge in [-0.05, 0) is 43.3 Å². The topological polar surface area (TPSA) is 89.7 Å². The molecule has 6 nitrogen and oxygen atoms in total. The van der Waals surface area contributed by atoms with Crippen LogP contribution in [0.2, 0.25) is 0 Å². The van der Waals surface area contributed by atoms with Gasteiger partial charge in [0.25, 0.3) is 10.0 Å². The van der Waals surface area contributed by atoms with Crippen LogP contribution in [0.3, 0.4) is 0 Å². The summed E-state index contributed by atoms with van der Waals surface area (Å²) in [7, 11) is -2.41. The molecule has 2 rings (SSSR count). The molecule has 2 aromatic carbocycles. The minimum atomic E-state index is -3.91. The van der Waals surface area contributed by atoms with Crippen molar-refractivity contribution in [2.45, 2.75) is 11.8 Å². The van der Waals surface area contributed by atoms with Crippen LogP contribution in [0.25, 0.3) is 0 Å². The van der Waals surface area contributed by atoms with Crippen LogP contribution in [0.4, 0.5) is 5.69 Å². The van der Waals surface area contributed by atoms with E-state index in [1.807, 2.05) is 6.92 Å². The van der Waals surface area contributed by atoms with E-state index in [2.05, 4.69) is 0 Å². The number of aryl methyl sites for hydroxylation is 1. The Morgan fingerprint density at radius 1 is 1.09 bits per heavy atom. The number of carbonyl (C=O) groups excluding carboxylic acids is 1. The summed E-state index contributed by atoms with van der Waals surface area (Å²) in [5.74, 6) is -0.191. The Balaban J connectivity index is 2.47. The van der Waals surface area contributed by atoms with Crippen molar-refractivity contribution >= 4 is 21.6 Å². The normalized spacial score (nSPS) is 11.0. The maximum Gasteiger partial charge on any atom is 0.264 e. The van der Waals surface area contributed by atoms with Gasteiger partial charge in [-0.25, -0.2) is 8.42 Å². The second kappa shape index (κ2) is 6.70. The van der Waals surface area contributed by atoms with Gasteiger partial charge in [0.2, 0.25) is 5.91 Å². The molecule has 0 bridgehead atoms. The van der Waals surface area contributed by atoms with Crippen LogP contribution in [0, 0.1) is 6.92 Å². The number of rotatable bonds is 6. The Bertz CT molecular complexity index is 784. The van der Waals surface area contributed by atoms with Gasteiger partial charge in [-0.2, -0.15) is 0 Å². The predicted molar refractivity (Wildman–Crippen MR) is 87.9 cm³/mol. The number of methoxy groups -OCH3 is 1. The van der Waals surface area contributed by atoms with E-state index in [-0.39, 0.29) is 4.90 Å². The average molecular weight is 334 g/mol. The molecule has 2 aromatic rings. The predicted octanol–water partition coefficient (Wildman–Crippen LogP) is 1.68. The van der Waals surface area contributed by atoms with Crippen molar-refractivity contribution in [3.05, 3.63) is 54.1 Å². The van der Waals surface area contributed by atoms with Crippen molar-refractivity contribution in [3.63, 3.8) is 0 Å². The van der Waals surface area contributed by atoms with E-state index in [1.54, 1.807) is 36.4 Å². The number of carbonyl (C=O) groups is 1. The first kappa shape index (κ1) is 16.8. The fourth-order valence-corrected chi connectivity index (χ4v) is 3.47. The SMILES string of the molecule is COc1ccc(S(=O)(=O)N(CC(N)=O)c2ccc(C)cc2)cc1. The number of benzene rings is 2. The molecule has 0 saturated carbocycles. The van der Waals surface area contributed by atoms with Crippen LogP contribution >= 0.6 is 0 Å². The highest BCUT2D eigenvalue weighted by Crippen LogP contribution is 2.25. The van der Waals surface area contributed by atoms with E-state index < -0.39 is 22.5 Å². The van der Waals surface area contributed by atoms with E-state index in [1.165, 1.54) is 19.2 Å². The van der Waals surface area contributed by atoms with Crippen LogP contribution in [0.5, 0.6) is 5.75 Å². The molecule has 122 valence electrons. The van der Waals surface area contributed by atoms with Crippen molar-refractivity contribution in [3.8, 4) is 5.75 Å². The van der Waals surface area contributed by atoms with Crippen LogP contribution in [0.15, 0.2) is 53.4 Å². The third kappa shape index (κ3) is 3.81. The third-order valence-electron chi connectivity index (χ3n) is 3.27. The second-order valence-corrected chi connectivity index (χ2v) is 6.85. The number of ether oxygens (including phenoxy) is 1. The molecular formula is C16H18N2O4S. The fraction of sp³-hybridized carbons (Fsp3) is 0.188. The summed E-state index contributed by atoms with van der Waals surface area (Å²) in [6.45, 7) is 1.46. The van der Waals surface area contributed by atoms with E-state index in [0.717, 1.165) is 9.87 Å². The first-order chi connectivity index (χ1) is 10.8. The molecule has 0 aliphatic rings. The van der Waals surface area contributed by atoms with Gasteiger partial charge < -0.3 is 10.5 Å². The quantitative estimate of drug-likeness (QED) is 0.870. The highest BCUT2D eigenvalue weighted by atomic mass is 32.2. The van der Waals surface area contributed by atoms with Crippen LogP contribution < -0.4 is 14.8 Å². The van der Waals surface area contributed by atoms with Crippen molar-refractivity contribution in [1.29, 1.82) is 0 Å².